The number of sulfonamides is 2. The van der Waals surface area contributed by atoms with Gasteiger partial charge in [0, 0.05) is 19.1 Å². The number of nitrogens with zero attached hydrogens (tertiary/aromatic N) is 1. The lowest BCUT2D eigenvalue weighted by Gasteiger charge is -2.20. The Morgan fingerprint density at radius 2 is 1.72 bits per heavy atom. The summed E-state index contributed by atoms with van der Waals surface area (Å²) in [6.45, 7) is 1.41. The molecule has 140 valence electrons. The van der Waals surface area contributed by atoms with Gasteiger partial charge in [0.25, 0.3) is 0 Å². The lowest BCUT2D eigenvalue weighted by Crippen LogP contribution is -2.39. The Morgan fingerprint density at radius 1 is 1.04 bits per heavy atom. The van der Waals surface area contributed by atoms with E-state index in [1.54, 1.807) is 0 Å². The van der Waals surface area contributed by atoms with Crippen LogP contribution in [0.15, 0.2) is 34.1 Å². The van der Waals surface area contributed by atoms with Crippen molar-refractivity contribution in [3.05, 3.63) is 24.3 Å². The number of hydrogen-bond donors (Lipinski definition) is 2. The maximum absolute atomic E-state index is 12.7. The van der Waals surface area contributed by atoms with Crippen molar-refractivity contribution >= 4 is 20.0 Å². The summed E-state index contributed by atoms with van der Waals surface area (Å²) in [4.78, 5) is 0.00881. The second-order valence-electron chi connectivity index (χ2n) is 6.74. The van der Waals surface area contributed by atoms with Crippen LogP contribution in [0.5, 0.6) is 0 Å². The summed E-state index contributed by atoms with van der Waals surface area (Å²) in [6, 6.07) is 5.42. The van der Waals surface area contributed by atoms with Crippen molar-refractivity contribution in [2.75, 3.05) is 19.6 Å². The Bertz CT molecular complexity index is 818. The molecule has 0 amide bonds. The van der Waals surface area contributed by atoms with Crippen LogP contribution in [-0.2, 0) is 20.0 Å². The molecule has 0 bridgehead atoms. The summed E-state index contributed by atoms with van der Waals surface area (Å²) < 4.78 is 54.8. The zero-order valence-corrected chi connectivity index (χ0v) is 15.7. The Labute approximate surface area is 149 Å². The highest BCUT2D eigenvalue weighted by Gasteiger charge is 2.32. The summed E-state index contributed by atoms with van der Waals surface area (Å²) >= 11 is 0. The highest BCUT2D eigenvalue weighted by molar-refractivity contribution is 7.90. The molecule has 2 unspecified atom stereocenters. The molecule has 1 aromatic rings. The standard InChI is InChI=1S/C16H25N3O4S2/c17-12-13-5-3-8-16(13)18-24(20,21)14-6-4-7-15(11-14)25(22,23)19-9-1-2-10-19/h4,6-7,11,13,16,18H,1-3,5,8-10,12,17H2. The lowest BCUT2D eigenvalue weighted by molar-refractivity contribution is 0.453. The van der Waals surface area contributed by atoms with Gasteiger partial charge in [-0.3, -0.25) is 0 Å². The van der Waals surface area contributed by atoms with Crippen molar-refractivity contribution in [3.63, 3.8) is 0 Å². The first kappa shape index (κ1) is 18.8. The highest BCUT2D eigenvalue weighted by Crippen LogP contribution is 2.27. The van der Waals surface area contributed by atoms with Crippen LogP contribution in [0, 0.1) is 5.92 Å². The first-order valence-electron chi connectivity index (χ1n) is 8.67. The maximum atomic E-state index is 12.7. The van der Waals surface area contributed by atoms with E-state index in [0.717, 1.165) is 32.1 Å². The van der Waals surface area contributed by atoms with E-state index in [-0.39, 0.29) is 21.8 Å². The second kappa shape index (κ2) is 7.32. The average Bonchev–Trinajstić information content (AvgIpc) is 3.26. The first-order chi connectivity index (χ1) is 11.8. The molecule has 2 aliphatic rings. The molecule has 1 aromatic carbocycles. The zero-order valence-electron chi connectivity index (χ0n) is 14.1. The van der Waals surface area contributed by atoms with Crippen molar-refractivity contribution in [2.45, 2.75) is 47.9 Å². The van der Waals surface area contributed by atoms with Gasteiger partial charge in [-0.1, -0.05) is 12.5 Å². The average molecular weight is 388 g/mol. The summed E-state index contributed by atoms with van der Waals surface area (Å²) in [5.74, 6) is 0.131. The van der Waals surface area contributed by atoms with Crippen LogP contribution in [0.1, 0.15) is 32.1 Å². The fraction of sp³-hybridized carbons (Fsp3) is 0.625. The van der Waals surface area contributed by atoms with E-state index in [4.69, 9.17) is 5.73 Å². The fourth-order valence-corrected chi connectivity index (χ4v) is 6.64. The number of benzene rings is 1. The van der Waals surface area contributed by atoms with E-state index in [1.165, 1.54) is 28.6 Å². The third-order valence-electron chi connectivity index (χ3n) is 5.09. The fourth-order valence-electron chi connectivity index (χ4n) is 3.62. The molecule has 1 aliphatic heterocycles. The molecule has 9 heteroatoms. The van der Waals surface area contributed by atoms with Gasteiger partial charge in [0.1, 0.15) is 0 Å². The predicted octanol–water partition coefficient (Wildman–Crippen LogP) is 0.877. The minimum absolute atomic E-state index is 0.0181. The number of hydrogen-bond acceptors (Lipinski definition) is 5. The van der Waals surface area contributed by atoms with Gasteiger partial charge in [0.05, 0.1) is 9.79 Å². The summed E-state index contributed by atoms with van der Waals surface area (Å²) in [7, 11) is -7.42. The van der Waals surface area contributed by atoms with Crippen LogP contribution in [0.25, 0.3) is 0 Å². The quantitative estimate of drug-likeness (QED) is 0.753. The third kappa shape index (κ3) is 3.90. The monoisotopic (exact) mass is 387 g/mol. The van der Waals surface area contributed by atoms with Gasteiger partial charge in [0.15, 0.2) is 0 Å². The van der Waals surface area contributed by atoms with Crippen LogP contribution in [-0.4, -0.2) is 46.8 Å². The maximum Gasteiger partial charge on any atom is 0.243 e. The van der Waals surface area contributed by atoms with Gasteiger partial charge in [-0.2, -0.15) is 4.31 Å². The summed E-state index contributed by atoms with van der Waals surface area (Å²) in [6.07, 6.45) is 4.28. The largest absolute Gasteiger partial charge is 0.330 e. The van der Waals surface area contributed by atoms with E-state index in [9.17, 15) is 16.8 Å². The molecule has 25 heavy (non-hydrogen) atoms. The van der Waals surface area contributed by atoms with Crippen molar-refractivity contribution in [3.8, 4) is 0 Å². The molecule has 1 aliphatic carbocycles. The zero-order chi connectivity index (χ0) is 18.1. The van der Waals surface area contributed by atoms with Crippen LogP contribution < -0.4 is 10.5 Å². The second-order valence-corrected chi connectivity index (χ2v) is 10.4. The summed E-state index contributed by atoms with van der Waals surface area (Å²) in [5, 5.41) is 0. The van der Waals surface area contributed by atoms with Crippen molar-refractivity contribution in [2.24, 2.45) is 11.7 Å². The molecule has 1 saturated carbocycles. The van der Waals surface area contributed by atoms with Gasteiger partial charge in [-0.25, -0.2) is 21.6 Å². The molecule has 0 spiro atoms. The number of nitrogens with one attached hydrogen (secondary N) is 1. The smallest absolute Gasteiger partial charge is 0.243 e. The molecule has 0 aromatic heterocycles. The van der Waals surface area contributed by atoms with Gasteiger partial charge in [-0.15, -0.1) is 0 Å². The van der Waals surface area contributed by atoms with Gasteiger partial charge < -0.3 is 5.73 Å². The normalized spacial score (nSPS) is 25.5. The predicted molar refractivity (Wildman–Crippen MR) is 94.9 cm³/mol. The molecule has 1 saturated heterocycles. The molecule has 0 radical (unpaired) electrons. The molecule has 1 heterocycles. The summed E-state index contributed by atoms with van der Waals surface area (Å²) in [5.41, 5.74) is 5.71. The van der Waals surface area contributed by atoms with Crippen molar-refractivity contribution < 1.29 is 16.8 Å². The van der Waals surface area contributed by atoms with E-state index < -0.39 is 20.0 Å². The van der Waals surface area contributed by atoms with Gasteiger partial charge >= 0.3 is 0 Å². The molecular formula is C16H25N3O4S2. The van der Waals surface area contributed by atoms with Crippen molar-refractivity contribution in [1.82, 2.24) is 9.03 Å². The van der Waals surface area contributed by atoms with Crippen LogP contribution >= 0.6 is 0 Å². The van der Waals surface area contributed by atoms with Crippen LogP contribution in [0.2, 0.25) is 0 Å². The molecule has 3 N–H and O–H groups in total. The van der Waals surface area contributed by atoms with E-state index in [1.807, 2.05) is 0 Å². The third-order valence-corrected chi connectivity index (χ3v) is 8.47. The minimum Gasteiger partial charge on any atom is -0.330 e. The molecular weight excluding hydrogens is 362 g/mol. The topological polar surface area (TPSA) is 110 Å². The number of rotatable bonds is 6. The Balaban J connectivity index is 1.85. The lowest BCUT2D eigenvalue weighted by atomic mass is 10.1. The van der Waals surface area contributed by atoms with Crippen molar-refractivity contribution in [1.29, 1.82) is 0 Å². The van der Waals surface area contributed by atoms with Crippen LogP contribution in [0.3, 0.4) is 0 Å². The molecule has 2 fully saturated rings. The Morgan fingerprint density at radius 3 is 2.40 bits per heavy atom. The first-order valence-corrected chi connectivity index (χ1v) is 11.6. The van der Waals surface area contributed by atoms with E-state index >= 15 is 0 Å². The minimum atomic E-state index is -3.78. The SMILES string of the molecule is NCC1CCCC1NS(=O)(=O)c1cccc(S(=O)(=O)N2CCCC2)c1. The molecule has 7 nitrogen and oxygen atoms in total. The Kier molecular flexibility index (Phi) is 5.50. The molecule has 2 atom stereocenters. The number of nitrogens with two attached hydrogens (primary N) is 1. The van der Waals surface area contributed by atoms with E-state index in [0.29, 0.717) is 19.6 Å². The van der Waals surface area contributed by atoms with Gasteiger partial charge in [0.2, 0.25) is 20.0 Å². The highest BCUT2D eigenvalue weighted by atomic mass is 32.2. The van der Waals surface area contributed by atoms with Crippen LogP contribution in [0.4, 0.5) is 0 Å². The van der Waals surface area contributed by atoms with Gasteiger partial charge in [-0.05, 0) is 56.3 Å². The Hall–Kier alpha value is -1.00. The van der Waals surface area contributed by atoms with E-state index in [2.05, 4.69) is 4.72 Å². The molecule has 3 rings (SSSR count).